The van der Waals surface area contributed by atoms with Crippen molar-refractivity contribution >= 4 is 50.0 Å². The number of carbonyl (C=O) groups excluding carboxylic acids is 2. The van der Waals surface area contributed by atoms with E-state index in [0.717, 1.165) is 17.4 Å². The van der Waals surface area contributed by atoms with Gasteiger partial charge < -0.3 is 4.74 Å². The number of hydrogen-bond donors (Lipinski definition) is 1. The topological polar surface area (TPSA) is 115 Å². The molecule has 1 aromatic carbocycles. The minimum atomic E-state index is -4.04. The number of thiazole rings is 1. The molecule has 2 aromatic rings. The van der Waals surface area contributed by atoms with E-state index in [1.807, 2.05) is 0 Å². The maximum Gasteiger partial charge on any atom is 0.357 e. The lowest BCUT2D eigenvalue weighted by Crippen LogP contribution is -2.26. The van der Waals surface area contributed by atoms with E-state index in [2.05, 4.69) is 10.3 Å². The zero-order valence-corrected chi connectivity index (χ0v) is 16.9. The average molecular weight is 434 g/mol. The number of sulfonamides is 1. The fourth-order valence-corrected chi connectivity index (χ4v) is 4.03. The highest BCUT2D eigenvalue weighted by Crippen LogP contribution is 2.26. The lowest BCUT2D eigenvalue weighted by molar-refractivity contribution is -0.0258. The van der Waals surface area contributed by atoms with Crippen molar-refractivity contribution in [1.82, 2.24) is 9.45 Å². The molecule has 12 heteroatoms. The summed E-state index contributed by atoms with van der Waals surface area (Å²) in [5.41, 5.74) is 0.105. The number of hydrogen-bond acceptors (Lipinski definition) is 8. The lowest BCUT2D eigenvalue weighted by atomic mass is 10.2. The van der Waals surface area contributed by atoms with Crippen LogP contribution in [0, 0.1) is 0 Å². The molecule has 146 valence electrons. The number of carbonyl (C=O) groups is 2. The highest BCUT2D eigenvalue weighted by Gasteiger charge is 2.25. The molecule has 0 atom stereocenters. The van der Waals surface area contributed by atoms with Crippen LogP contribution >= 0.6 is 22.9 Å². The van der Waals surface area contributed by atoms with Crippen molar-refractivity contribution in [3.63, 3.8) is 0 Å². The summed E-state index contributed by atoms with van der Waals surface area (Å²) in [4.78, 5) is 32.4. The van der Waals surface area contributed by atoms with Gasteiger partial charge in [0.25, 0.3) is 15.9 Å². The van der Waals surface area contributed by atoms with E-state index in [1.165, 1.54) is 31.7 Å². The van der Waals surface area contributed by atoms with Crippen LogP contribution in [-0.4, -0.2) is 50.5 Å². The van der Waals surface area contributed by atoms with Crippen LogP contribution in [0.5, 0.6) is 0 Å². The first-order valence-corrected chi connectivity index (χ1v) is 10.2. The zero-order valence-electron chi connectivity index (χ0n) is 14.6. The number of halogens is 1. The summed E-state index contributed by atoms with van der Waals surface area (Å²) >= 11 is 6.99. The Bertz CT molecular complexity index is 960. The molecule has 2 rings (SSSR count). The van der Waals surface area contributed by atoms with Gasteiger partial charge in [0.05, 0.1) is 18.7 Å². The summed E-state index contributed by atoms with van der Waals surface area (Å²) < 4.78 is 30.2. The largest absolute Gasteiger partial charge is 0.461 e. The lowest BCUT2D eigenvalue weighted by Gasteiger charge is -2.15. The van der Waals surface area contributed by atoms with Gasteiger partial charge in [-0.2, -0.15) is 0 Å². The average Bonchev–Trinajstić information content (AvgIpc) is 3.09. The van der Waals surface area contributed by atoms with E-state index < -0.39 is 21.9 Å². The number of rotatable bonds is 7. The van der Waals surface area contributed by atoms with E-state index in [0.29, 0.717) is 4.47 Å². The number of nitrogens with one attached hydrogen (secondary N) is 1. The minimum Gasteiger partial charge on any atom is -0.461 e. The van der Waals surface area contributed by atoms with Crippen LogP contribution in [0.15, 0.2) is 28.5 Å². The van der Waals surface area contributed by atoms with E-state index in [4.69, 9.17) is 21.2 Å². The van der Waals surface area contributed by atoms with Crippen LogP contribution in [-0.2, 0) is 19.6 Å². The number of esters is 1. The van der Waals surface area contributed by atoms with Gasteiger partial charge in [-0.25, -0.2) is 18.2 Å². The van der Waals surface area contributed by atoms with E-state index in [-0.39, 0.29) is 32.9 Å². The van der Waals surface area contributed by atoms with E-state index in [1.54, 1.807) is 6.92 Å². The third kappa shape index (κ3) is 4.82. The summed E-state index contributed by atoms with van der Waals surface area (Å²) in [7, 11) is -1.65. The smallest absolute Gasteiger partial charge is 0.357 e. The van der Waals surface area contributed by atoms with Crippen LogP contribution < -0.4 is 5.32 Å². The Morgan fingerprint density at radius 2 is 2.07 bits per heavy atom. The van der Waals surface area contributed by atoms with Crippen LogP contribution in [0.3, 0.4) is 0 Å². The predicted octanol–water partition coefficient (Wildman–Crippen LogP) is 2.41. The second kappa shape index (κ2) is 8.76. The fourth-order valence-electron chi connectivity index (χ4n) is 1.88. The van der Waals surface area contributed by atoms with E-state index >= 15 is 0 Å². The first-order valence-electron chi connectivity index (χ1n) is 7.47. The molecule has 27 heavy (non-hydrogen) atoms. The maximum absolute atomic E-state index is 12.4. The van der Waals surface area contributed by atoms with Crippen LogP contribution in [0.4, 0.5) is 5.13 Å². The molecular weight excluding hydrogens is 418 g/mol. The second-order valence-electron chi connectivity index (χ2n) is 4.96. The Morgan fingerprint density at radius 1 is 1.37 bits per heavy atom. The molecular formula is C15H16ClN3O6S2. The van der Waals surface area contributed by atoms with Gasteiger partial charge in [-0.05, 0) is 25.1 Å². The van der Waals surface area contributed by atoms with Gasteiger partial charge in [0.2, 0.25) is 0 Å². The number of aromatic nitrogens is 1. The quantitative estimate of drug-likeness (QED) is 0.526. The van der Waals surface area contributed by atoms with Gasteiger partial charge in [-0.15, -0.1) is 11.3 Å². The van der Waals surface area contributed by atoms with Gasteiger partial charge in [-0.3, -0.25) is 14.9 Å². The SMILES string of the molecule is CCOC(=O)c1csc(NC(=O)c2ccc(Cl)c(S(=O)(=O)N(C)OC)c2)n1. The molecule has 0 radical (unpaired) electrons. The molecule has 0 spiro atoms. The molecule has 0 bridgehead atoms. The van der Waals surface area contributed by atoms with Crippen molar-refractivity contribution in [2.75, 3.05) is 26.1 Å². The van der Waals surface area contributed by atoms with E-state index in [9.17, 15) is 18.0 Å². The van der Waals surface area contributed by atoms with Gasteiger partial charge in [-0.1, -0.05) is 16.1 Å². The third-order valence-electron chi connectivity index (χ3n) is 3.28. The van der Waals surface area contributed by atoms with Gasteiger partial charge in [0.1, 0.15) is 4.90 Å². The third-order valence-corrected chi connectivity index (χ3v) is 6.20. The summed E-state index contributed by atoms with van der Waals surface area (Å²) in [6.07, 6.45) is 0. The zero-order chi connectivity index (χ0) is 20.2. The molecule has 0 unspecified atom stereocenters. The Morgan fingerprint density at radius 3 is 2.70 bits per heavy atom. The standard InChI is InChI=1S/C15H16ClN3O6S2/c1-4-25-14(21)11-8-26-15(17-11)18-13(20)9-5-6-10(16)12(7-9)27(22,23)19(2)24-3/h5-8H,4H2,1-3H3,(H,17,18,20). The molecule has 0 aliphatic carbocycles. The van der Waals surface area contributed by atoms with Crippen molar-refractivity contribution in [3.8, 4) is 0 Å². The molecule has 1 amide bonds. The van der Waals surface area contributed by atoms with Crippen molar-refractivity contribution in [1.29, 1.82) is 0 Å². The van der Waals surface area contributed by atoms with Crippen molar-refractivity contribution in [3.05, 3.63) is 39.9 Å². The summed E-state index contributed by atoms with van der Waals surface area (Å²) in [6, 6.07) is 3.78. The van der Waals surface area contributed by atoms with Gasteiger partial charge in [0, 0.05) is 18.0 Å². The monoisotopic (exact) mass is 433 g/mol. The molecule has 1 heterocycles. The van der Waals surface area contributed by atoms with Gasteiger partial charge in [0.15, 0.2) is 10.8 Å². The summed E-state index contributed by atoms with van der Waals surface area (Å²) in [6.45, 7) is 1.87. The van der Waals surface area contributed by atoms with Crippen molar-refractivity contribution in [2.45, 2.75) is 11.8 Å². The first-order chi connectivity index (χ1) is 12.7. The van der Waals surface area contributed by atoms with Crippen LogP contribution in [0.1, 0.15) is 27.8 Å². The van der Waals surface area contributed by atoms with Crippen molar-refractivity contribution in [2.24, 2.45) is 0 Å². The molecule has 0 fully saturated rings. The van der Waals surface area contributed by atoms with Crippen LogP contribution in [0.2, 0.25) is 5.02 Å². The number of amides is 1. The Labute approximate surface area is 164 Å². The number of ether oxygens (including phenoxy) is 1. The normalized spacial score (nSPS) is 11.4. The number of anilines is 1. The summed E-state index contributed by atoms with van der Waals surface area (Å²) in [5.74, 6) is -1.22. The van der Waals surface area contributed by atoms with Crippen LogP contribution in [0.25, 0.3) is 0 Å². The maximum atomic E-state index is 12.4. The molecule has 0 saturated carbocycles. The Balaban J connectivity index is 2.25. The van der Waals surface area contributed by atoms with Gasteiger partial charge >= 0.3 is 5.97 Å². The first kappa shape index (κ1) is 21.3. The predicted molar refractivity (Wildman–Crippen MR) is 99.4 cm³/mol. The molecule has 1 N–H and O–H groups in total. The second-order valence-corrected chi connectivity index (χ2v) is 8.12. The fraction of sp³-hybridized carbons (Fsp3) is 0.267. The Hall–Kier alpha value is -2.05. The molecule has 0 saturated heterocycles. The number of benzene rings is 1. The van der Waals surface area contributed by atoms with Crippen molar-refractivity contribution < 1.29 is 27.6 Å². The number of hydroxylamine groups is 1. The highest BCUT2D eigenvalue weighted by atomic mass is 35.5. The Kier molecular flexibility index (Phi) is 6.89. The molecule has 9 nitrogen and oxygen atoms in total. The highest BCUT2D eigenvalue weighted by molar-refractivity contribution is 7.89. The number of nitrogens with zero attached hydrogens (tertiary/aromatic N) is 2. The molecule has 1 aromatic heterocycles. The molecule has 0 aliphatic heterocycles. The minimum absolute atomic E-state index is 0.0374. The summed E-state index contributed by atoms with van der Waals surface area (Å²) in [5, 5.41) is 4.04. The molecule has 0 aliphatic rings.